The molecule has 0 aliphatic heterocycles. The number of H-pyrrole nitrogens is 1. The zero-order valence-corrected chi connectivity index (χ0v) is 16.0. The molecule has 0 saturated carbocycles. The Bertz CT molecular complexity index is 996. The Morgan fingerprint density at radius 1 is 1.15 bits per heavy atom. The molecule has 2 N–H and O–H groups in total. The molecular weight excluding hydrogens is 346 g/mol. The van der Waals surface area contributed by atoms with Gasteiger partial charge in [-0.25, -0.2) is 18.1 Å². The van der Waals surface area contributed by atoms with Crippen LogP contribution in [-0.4, -0.2) is 24.6 Å². The van der Waals surface area contributed by atoms with E-state index in [9.17, 15) is 8.42 Å². The van der Waals surface area contributed by atoms with Crippen molar-refractivity contribution in [3.8, 4) is 0 Å². The first-order chi connectivity index (χ1) is 12.3. The van der Waals surface area contributed by atoms with E-state index in [0.717, 1.165) is 16.8 Å². The number of benzene rings is 2. The van der Waals surface area contributed by atoms with Gasteiger partial charge >= 0.3 is 0 Å². The molecular formula is C20H23N3O2S. The molecule has 1 aromatic heterocycles. The largest absolute Gasteiger partial charge is 0.348 e. The maximum atomic E-state index is 11.4. The summed E-state index contributed by atoms with van der Waals surface area (Å²) < 4.78 is 25.3. The fourth-order valence-electron chi connectivity index (χ4n) is 3.13. The SMILES string of the molecule is Cc1cccc(C(c2cccc(CNS(C)(=O)=O)c2)c2cnc[nH]2)c1C. The average Bonchev–Trinajstić information content (AvgIpc) is 3.11. The van der Waals surface area contributed by atoms with Gasteiger partial charge in [-0.1, -0.05) is 42.5 Å². The number of nitrogens with one attached hydrogen (secondary N) is 2. The summed E-state index contributed by atoms with van der Waals surface area (Å²) >= 11 is 0. The molecule has 0 radical (unpaired) electrons. The minimum atomic E-state index is -3.23. The predicted octanol–water partition coefficient (Wildman–Crippen LogP) is 3.26. The van der Waals surface area contributed by atoms with Crippen molar-refractivity contribution in [1.82, 2.24) is 14.7 Å². The molecule has 6 heteroatoms. The highest BCUT2D eigenvalue weighted by molar-refractivity contribution is 7.88. The molecule has 0 spiro atoms. The van der Waals surface area contributed by atoms with Crippen LogP contribution in [0, 0.1) is 13.8 Å². The van der Waals surface area contributed by atoms with Gasteiger partial charge in [-0.05, 0) is 41.7 Å². The summed E-state index contributed by atoms with van der Waals surface area (Å²) in [6, 6.07) is 14.3. The third-order valence-electron chi connectivity index (χ3n) is 4.61. The number of imidazole rings is 1. The Morgan fingerprint density at radius 3 is 2.62 bits per heavy atom. The monoisotopic (exact) mass is 369 g/mol. The van der Waals surface area contributed by atoms with E-state index >= 15 is 0 Å². The third kappa shape index (κ3) is 4.20. The van der Waals surface area contributed by atoms with Crippen LogP contribution in [0.4, 0.5) is 0 Å². The second kappa shape index (κ2) is 7.43. The number of nitrogens with zero attached hydrogens (tertiary/aromatic N) is 1. The summed E-state index contributed by atoms with van der Waals surface area (Å²) in [6.07, 6.45) is 4.69. The van der Waals surface area contributed by atoms with Crippen LogP contribution >= 0.6 is 0 Å². The van der Waals surface area contributed by atoms with Gasteiger partial charge in [0.1, 0.15) is 0 Å². The lowest BCUT2D eigenvalue weighted by molar-refractivity contribution is 0.587. The van der Waals surface area contributed by atoms with Crippen LogP contribution in [0.25, 0.3) is 0 Å². The maximum absolute atomic E-state index is 11.4. The van der Waals surface area contributed by atoms with E-state index in [1.807, 2.05) is 24.4 Å². The lowest BCUT2D eigenvalue weighted by Crippen LogP contribution is -2.21. The fourth-order valence-corrected chi connectivity index (χ4v) is 3.56. The minimum Gasteiger partial charge on any atom is -0.348 e. The second-order valence-electron chi connectivity index (χ2n) is 6.57. The van der Waals surface area contributed by atoms with Gasteiger partial charge in [0.05, 0.1) is 18.5 Å². The van der Waals surface area contributed by atoms with Gasteiger partial charge in [0.2, 0.25) is 10.0 Å². The maximum Gasteiger partial charge on any atom is 0.209 e. The molecule has 2 aromatic carbocycles. The lowest BCUT2D eigenvalue weighted by atomic mass is 9.84. The smallest absolute Gasteiger partial charge is 0.209 e. The molecule has 5 nitrogen and oxygen atoms in total. The Hall–Kier alpha value is -2.44. The van der Waals surface area contributed by atoms with Crippen molar-refractivity contribution in [3.63, 3.8) is 0 Å². The number of hydrogen-bond acceptors (Lipinski definition) is 3. The normalized spacial score (nSPS) is 12.9. The molecule has 0 aliphatic carbocycles. The van der Waals surface area contributed by atoms with Crippen LogP contribution in [0.3, 0.4) is 0 Å². The van der Waals surface area contributed by atoms with E-state index in [2.05, 4.69) is 52.8 Å². The Morgan fingerprint density at radius 2 is 1.92 bits per heavy atom. The number of aryl methyl sites for hydroxylation is 1. The molecule has 0 bridgehead atoms. The average molecular weight is 369 g/mol. The highest BCUT2D eigenvalue weighted by Crippen LogP contribution is 2.33. The summed E-state index contributed by atoms with van der Waals surface area (Å²) in [5.74, 6) is 0.00980. The summed E-state index contributed by atoms with van der Waals surface area (Å²) in [5, 5.41) is 0. The summed E-state index contributed by atoms with van der Waals surface area (Å²) in [7, 11) is -3.23. The molecule has 0 amide bonds. The zero-order chi connectivity index (χ0) is 18.7. The van der Waals surface area contributed by atoms with Gasteiger partial charge in [-0.3, -0.25) is 0 Å². The fraction of sp³-hybridized carbons (Fsp3) is 0.250. The Kier molecular flexibility index (Phi) is 5.25. The van der Waals surface area contributed by atoms with E-state index in [-0.39, 0.29) is 12.5 Å². The van der Waals surface area contributed by atoms with Crippen molar-refractivity contribution in [2.24, 2.45) is 0 Å². The van der Waals surface area contributed by atoms with Crippen LogP contribution < -0.4 is 4.72 Å². The van der Waals surface area contributed by atoms with Gasteiger partial charge in [-0.2, -0.15) is 0 Å². The van der Waals surface area contributed by atoms with E-state index in [0.29, 0.717) is 0 Å². The van der Waals surface area contributed by atoms with E-state index < -0.39 is 10.0 Å². The topological polar surface area (TPSA) is 74.8 Å². The van der Waals surface area contributed by atoms with Gasteiger partial charge in [0.15, 0.2) is 0 Å². The van der Waals surface area contributed by atoms with Crippen molar-refractivity contribution >= 4 is 10.0 Å². The molecule has 26 heavy (non-hydrogen) atoms. The van der Waals surface area contributed by atoms with E-state index in [1.54, 1.807) is 6.33 Å². The van der Waals surface area contributed by atoms with Crippen LogP contribution in [0.15, 0.2) is 55.0 Å². The van der Waals surface area contributed by atoms with Crippen molar-refractivity contribution in [3.05, 3.63) is 88.5 Å². The molecule has 136 valence electrons. The van der Waals surface area contributed by atoms with E-state index in [1.165, 1.54) is 22.9 Å². The van der Waals surface area contributed by atoms with Gasteiger partial charge in [0.25, 0.3) is 0 Å². The van der Waals surface area contributed by atoms with Gasteiger partial charge in [0, 0.05) is 18.4 Å². The molecule has 3 aromatic rings. The van der Waals surface area contributed by atoms with Gasteiger partial charge in [-0.15, -0.1) is 0 Å². The summed E-state index contributed by atoms with van der Waals surface area (Å²) in [6.45, 7) is 4.51. The van der Waals surface area contributed by atoms with Crippen molar-refractivity contribution in [1.29, 1.82) is 0 Å². The molecule has 3 rings (SSSR count). The van der Waals surface area contributed by atoms with Crippen LogP contribution in [0.5, 0.6) is 0 Å². The number of hydrogen-bond donors (Lipinski definition) is 2. The van der Waals surface area contributed by atoms with Crippen LogP contribution in [-0.2, 0) is 16.6 Å². The number of rotatable bonds is 6. The number of sulfonamides is 1. The molecule has 1 atom stereocenters. The Balaban J connectivity index is 2.05. The van der Waals surface area contributed by atoms with E-state index in [4.69, 9.17) is 0 Å². The van der Waals surface area contributed by atoms with Crippen molar-refractivity contribution < 1.29 is 8.42 Å². The van der Waals surface area contributed by atoms with Crippen LogP contribution in [0.2, 0.25) is 0 Å². The number of aromatic nitrogens is 2. The number of aromatic amines is 1. The predicted molar refractivity (Wildman–Crippen MR) is 104 cm³/mol. The van der Waals surface area contributed by atoms with Crippen molar-refractivity contribution in [2.45, 2.75) is 26.3 Å². The zero-order valence-electron chi connectivity index (χ0n) is 15.2. The first-order valence-electron chi connectivity index (χ1n) is 8.43. The first-order valence-corrected chi connectivity index (χ1v) is 10.3. The summed E-state index contributed by atoms with van der Waals surface area (Å²) in [5.41, 5.74) is 6.71. The molecule has 1 unspecified atom stereocenters. The third-order valence-corrected chi connectivity index (χ3v) is 5.28. The second-order valence-corrected chi connectivity index (χ2v) is 8.40. The quantitative estimate of drug-likeness (QED) is 0.700. The van der Waals surface area contributed by atoms with Crippen molar-refractivity contribution in [2.75, 3.05) is 6.26 Å². The molecule has 0 fully saturated rings. The molecule has 1 heterocycles. The minimum absolute atomic E-state index is 0.00980. The highest BCUT2D eigenvalue weighted by Gasteiger charge is 2.20. The molecule has 0 aliphatic rings. The lowest BCUT2D eigenvalue weighted by Gasteiger charge is -2.21. The van der Waals surface area contributed by atoms with Gasteiger partial charge < -0.3 is 4.98 Å². The standard InChI is InChI=1S/C20H23N3O2S/c1-14-6-4-9-18(15(14)2)20(19-12-21-13-22-19)17-8-5-7-16(10-17)11-23-26(3,24)25/h4-10,12-13,20,23H,11H2,1-3H3,(H,21,22). The summed E-state index contributed by atoms with van der Waals surface area (Å²) in [4.78, 5) is 7.42. The molecule has 0 saturated heterocycles. The first kappa shape index (κ1) is 18.4. The highest BCUT2D eigenvalue weighted by atomic mass is 32.2. The Labute approximate surface area is 154 Å². The van der Waals surface area contributed by atoms with Crippen LogP contribution in [0.1, 0.15) is 39.4 Å².